The molecule has 1 unspecified atom stereocenters. The van der Waals surface area contributed by atoms with Crippen LogP contribution in [0.4, 0.5) is 0 Å². The highest BCUT2D eigenvalue weighted by Gasteiger charge is 2.37. The highest BCUT2D eigenvalue weighted by Crippen LogP contribution is 2.38. The van der Waals surface area contributed by atoms with Crippen LogP contribution in [-0.2, 0) is 4.79 Å². The van der Waals surface area contributed by atoms with Gasteiger partial charge in [0.2, 0.25) is 0 Å². The Labute approximate surface area is 120 Å². The molecule has 0 heterocycles. The van der Waals surface area contributed by atoms with Crippen LogP contribution < -0.4 is 0 Å². The van der Waals surface area contributed by atoms with Crippen molar-refractivity contribution in [3.05, 3.63) is 0 Å². The van der Waals surface area contributed by atoms with Crippen LogP contribution >= 0.6 is 0 Å². The fraction of sp³-hybridized carbons (Fsp3) is 0.944. The summed E-state index contributed by atoms with van der Waals surface area (Å²) in [4.78, 5) is 12.6. The predicted molar refractivity (Wildman–Crippen MR) is 83.2 cm³/mol. The van der Waals surface area contributed by atoms with Gasteiger partial charge in [0, 0.05) is 11.8 Å². The standard InChI is InChI=1S/C18H34O/c1-17(2,3)13-8-7-12-15(18(4,5)6)16(19)14-10-9-11-14/h14-15H,7-13H2,1-6H3. The van der Waals surface area contributed by atoms with E-state index in [0.717, 1.165) is 19.3 Å². The molecule has 112 valence electrons. The topological polar surface area (TPSA) is 17.1 Å². The lowest BCUT2D eigenvalue weighted by molar-refractivity contribution is -0.133. The molecule has 0 amide bonds. The first kappa shape index (κ1) is 16.7. The van der Waals surface area contributed by atoms with Gasteiger partial charge in [0.15, 0.2) is 0 Å². The zero-order valence-electron chi connectivity index (χ0n) is 14.0. The first-order chi connectivity index (χ1) is 8.61. The monoisotopic (exact) mass is 266 g/mol. The first-order valence-electron chi connectivity index (χ1n) is 8.15. The van der Waals surface area contributed by atoms with E-state index in [2.05, 4.69) is 41.5 Å². The van der Waals surface area contributed by atoms with Crippen molar-refractivity contribution < 1.29 is 4.79 Å². The Morgan fingerprint density at radius 3 is 2.00 bits per heavy atom. The second-order valence-electron chi connectivity index (χ2n) is 8.76. The molecular formula is C18H34O. The van der Waals surface area contributed by atoms with Crippen LogP contribution in [-0.4, -0.2) is 5.78 Å². The molecule has 1 nitrogen and oxygen atoms in total. The number of carbonyl (C=O) groups is 1. The summed E-state index contributed by atoms with van der Waals surface area (Å²) < 4.78 is 0. The van der Waals surface area contributed by atoms with E-state index < -0.39 is 0 Å². The van der Waals surface area contributed by atoms with Gasteiger partial charge in [-0.2, -0.15) is 0 Å². The van der Waals surface area contributed by atoms with Crippen LogP contribution in [0, 0.1) is 22.7 Å². The Bertz CT molecular complexity index is 286. The van der Waals surface area contributed by atoms with Crippen LogP contribution in [0.3, 0.4) is 0 Å². The lowest BCUT2D eigenvalue weighted by Crippen LogP contribution is -2.36. The molecule has 0 aromatic heterocycles. The summed E-state index contributed by atoms with van der Waals surface area (Å²) in [6.07, 6.45) is 8.38. The summed E-state index contributed by atoms with van der Waals surface area (Å²) in [6.45, 7) is 13.6. The highest BCUT2D eigenvalue weighted by molar-refractivity contribution is 5.84. The van der Waals surface area contributed by atoms with Gasteiger partial charge in [0.1, 0.15) is 5.78 Å². The lowest BCUT2D eigenvalue weighted by atomic mass is 9.68. The molecule has 0 aliphatic heterocycles. The predicted octanol–water partition coefficient (Wildman–Crippen LogP) is 5.62. The minimum Gasteiger partial charge on any atom is -0.299 e. The average Bonchev–Trinajstić information content (AvgIpc) is 2.10. The number of hydrogen-bond donors (Lipinski definition) is 0. The summed E-state index contributed by atoms with van der Waals surface area (Å²) in [7, 11) is 0. The van der Waals surface area contributed by atoms with Crippen molar-refractivity contribution in [2.75, 3.05) is 0 Å². The maximum absolute atomic E-state index is 12.6. The Morgan fingerprint density at radius 1 is 1.05 bits per heavy atom. The van der Waals surface area contributed by atoms with E-state index in [1.807, 2.05) is 0 Å². The van der Waals surface area contributed by atoms with E-state index in [0.29, 0.717) is 17.1 Å². The Balaban J connectivity index is 2.44. The molecule has 19 heavy (non-hydrogen) atoms. The van der Waals surface area contributed by atoms with Gasteiger partial charge in [-0.3, -0.25) is 4.79 Å². The lowest BCUT2D eigenvalue weighted by Gasteiger charge is -2.35. The molecule has 1 aliphatic rings. The third kappa shape index (κ3) is 5.67. The maximum atomic E-state index is 12.6. The summed E-state index contributed by atoms with van der Waals surface area (Å²) >= 11 is 0. The molecule has 1 heteroatoms. The molecule has 0 aromatic rings. The van der Waals surface area contributed by atoms with Gasteiger partial charge in [-0.05, 0) is 36.5 Å². The molecule has 0 saturated heterocycles. The molecule has 0 N–H and O–H groups in total. The zero-order valence-corrected chi connectivity index (χ0v) is 14.0. The van der Waals surface area contributed by atoms with E-state index in [1.54, 1.807) is 0 Å². The van der Waals surface area contributed by atoms with Crippen molar-refractivity contribution in [1.82, 2.24) is 0 Å². The van der Waals surface area contributed by atoms with E-state index in [4.69, 9.17) is 0 Å². The second-order valence-corrected chi connectivity index (χ2v) is 8.76. The van der Waals surface area contributed by atoms with Crippen LogP contribution in [0.2, 0.25) is 0 Å². The Kier molecular flexibility index (Phi) is 5.65. The van der Waals surface area contributed by atoms with E-state index in [-0.39, 0.29) is 11.3 Å². The van der Waals surface area contributed by atoms with Gasteiger partial charge in [-0.15, -0.1) is 0 Å². The third-order valence-electron chi connectivity index (χ3n) is 4.57. The van der Waals surface area contributed by atoms with Crippen molar-refractivity contribution in [2.24, 2.45) is 22.7 Å². The normalized spacial score (nSPS) is 19.1. The summed E-state index contributed by atoms with van der Waals surface area (Å²) in [5.41, 5.74) is 0.559. The highest BCUT2D eigenvalue weighted by atomic mass is 16.1. The average molecular weight is 266 g/mol. The molecule has 1 fully saturated rings. The molecule has 1 aliphatic carbocycles. The zero-order chi connectivity index (χ0) is 14.7. The molecule has 0 bridgehead atoms. The third-order valence-corrected chi connectivity index (χ3v) is 4.57. The largest absolute Gasteiger partial charge is 0.299 e. The molecule has 0 radical (unpaired) electrons. The number of unbranched alkanes of at least 4 members (excludes halogenated alkanes) is 1. The first-order valence-corrected chi connectivity index (χ1v) is 8.15. The number of hydrogen-bond acceptors (Lipinski definition) is 1. The minimum atomic E-state index is 0.133. The molecule has 0 spiro atoms. The molecular weight excluding hydrogens is 232 g/mol. The van der Waals surface area contributed by atoms with Gasteiger partial charge >= 0.3 is 0 Å². The van der Waals surface area contributed by atoms with Crippen LogP contribution in [0.1, 0.15) is 86.5 Å². The fourth-order valence-electron chi connectivity index (χ4n) is 2.98. The van der Waals surface area contributed by atoms with E-state index in [1.165, 1.54) is 25.7 Å². The molecule has 1 rings (SSSR count). The van der Waals surface area contributed by atoms with Gasteiger partial charge in [0.05, 0.1) is 0 Å². The summed E-state index contributed by atoms with van der Waals surface area (Å²) in [6, 6.07) is 0. The number of Topliss-reactive ketones (excluding diaryl/α,β-unsaturated/α-hetero) is 1. The van der Waals surface area contributed by atoms with Crippen LogP contribution in [0.5, 0.6) is 0 Å². The molecule has 1 saturated carbocycles. The fourth-order valence-corrected chi connectivity index (χ4v) is 2.98. The van der Waals surface area contributed by atoms with Crippen molar-refractivity contribution in [1.29, 1.82) is 0 Å². The maximum Gasteiger partial charge on any atom is 0.139 e. The van der Waals surface area contributed by atoms with Crippen LogP contribution in [0.15, 0.2) is 0 Å². The number of ketones is 1. The van der Waals surface area contributed by atoms with Gasteiger partial charge < -0.3 is 0 Å². The summed E-state index contributed by atoms with van der Waals surface area (Å²) in [5.74, 6) is 1.24. The second kappa shape index (κ2) is 6.41. The molecule has 0 aromatic carbocycles. The van der Waals surface area contributed by atoms with Crippen molar-refractivity contribution in [2.45, 2.75) is 86.5 Å². The van der Waals surface area contributed by atoms with E-state index in [9.17, 15) is 4.79 Å². The molecule has 1 atom stereocenters. The number of rotatable bonds is 6. The smallest absolute Gasteiger partial charge is 0.139 e. The van der Waals surface area contributed by atoms with E-state index >= 15 is 0 Å². The van der Waals surface area contributed by atoms with Gasteiger partial charge in [-0.25, -0.2) is 0 Å². The van der Waals surface area contributed by atoms with Gasteiger partial charge in [0.25, 0.3) is 0 Å². The van der Waals surface area contributed by atoms with Crippen molar-refractivity contribution in [3.8, 4) is 0 Å². The Morgan fingerprint density at radius 2 is 1.63 bits per heavy atom. The SMILES string of the molecule is CC(C)(C)CCCCC(C(=O)C1CCC1)C(C)(C)C. The summed E-state index contributed by atoms with van der Waals surface area (Å²) in [5, 5.41) is 0. The minimum absolute atomic E-state index is 0.133. The number of carbonyl (C=O) groups excluding carboxylic acids is 1. The van der Waals surface area contributed by atoms with Crippen molar-refractivity contribution in [3.63, 3.8) is 0 Å². The Hall–Kier alpha value is -0.330. The van der Waals surface area contributed by atoms with Crippen LogP contribution in [0.25, 0.3) is 0 Å². The van der Waals surface area contributed by atoms with Gasteiger partial charge in [-0.1, -0.05) is 60.8 Å². The quantitative estimate of drug-likeness (QED) is 0.570. The van der Waals surface area contributed by atoms with Crippen molar-refractivity contribution >= 4 is 5.78 Å².